The summed E-state index contributed by atoms with van der Waals surface area (Å²) in [7, 11) is 0. The molecule has 3 aromatic rings. The van der Waals surface area contributed by atoms with Gasteiger partial charge in [-0.1, -0.05) is 42.5 Å². The number of amides is 1. The third-order valence-corrected chi connectivity index (χ3v) is 6.92. The summed E-state index contributed by atoms with van der Waals surface area (Å²) in [5, 5.41) is 3.39. The number of thioether (sulfide) groups is 1. The van der Waals surface area contributed by atoms with Gasteiger partial charge in [-0.25, -0.2) is 4.98 Å². The van der Waals surface area contributed by atoms with Crippen LogP contribution in [0.3, 0.4) is 0 Å². The van der Waals surface area contributed by atoms with Crippen molar-refractivity contribution in [1.82, 2.24) is 20.2 Å². The number of hydrogen-bond donors (Lipinski definition) is 2. The lowest BCUT2D eigenvalue weighted by Gasteiger charge is -2.32. The Morgan fingerprint density at radius 2 is 1.90 bits per heavy atom. The smallest absolute Gasteiger partial charge is 0.230 e. The summed E-state index contributed by atoms with van der Waals surface area (Å²) in [6.45, 7) is 5.30. The van der Waals surface area contributed by atoms with Gasteiger partial charge in [0.05, 0.1) is 22.0 Å². The number of nitrogens with zero attached hydrogens (tertiary/aromatic N) is 2. The summed E-state index contributed by atoms with van der Waals surface area (Å²) in [6, 6.07) is 19.0. The fourth-order valence-electron chi connectivity index (χ4n) is 3.95. The van der Waals surface area contributed by atoms with Crippen LogP contribution in [-0.2, 0) is 11.2 Å². The fourth-order valence-corrected chi connectivity index (χ4v) is 4.70. The van der Waals surface area contributed by atoms with E-state index < -0.39 is 0 Å². The first-order valence-electron chi connectivity index (χ1n) is 10.8. The number of benzene rings is 2. The fraction of sp³-hybridized carbons (Fsp3) is 0.417. The van der Waals surface area contributed by atoms with Gasteiger partial charge in [-0.3, -0.25) is 4.79 Å². The van der Waals surface area contributed by atoms with Gasteiger partial charge in [-0.15, -0.1) is 11.8 Å². The molecule has 4 rings (SSSR count). The molecule has 158 valence electrons. The minimum absolute atomic E-state index is 0.130. The summed E-state index contributed by atoms with van der Waals surface area (Å²) in [5.41, 5.74) is 3.41. The van der Waals surface area contributed by atoms with Crippen LogP contribution in [0.1, 0.15) is 36.4 Å². The van der Waals surface area contributed by atoms with Crippen molar-refractivity contribution in [3.05, 3.63) is 66.0 Å². The lowest BCUT2D eigenvalue weighted by Crippen LogP contribution is -2.45. The van der Waals surface area contributed by atoms with E-state index in [4.69, 9.17) is 0 Å². The number of carbonyl (C=O) groups excluding carboxylic acids is 1. The van der Waals surface area contributed by atoms with Crippen LogP contribution in [0.15, 0.2) is 54.6 Å². The zero-order chi connectivity index (χ0) is 20.8. The summed E-state index contributed by atoms with van der Waals surface area (Å²) >= 11 is 1.63. The molecule has 2 N–H and O–H groups in total. The van der Waals surface area contributed by atoms with Gasteiger partial charge in [0.2, 0.25) is 5.91 Å². The average molecular weight is 423 g/mol. The minimum atomic E-state index is 0.130. The number of carbonyl (C=O) groups is 1. The molecule has 1 aliphatic rings. The maximum Gasteiger partial charge on any atom is 0.230 e. The number of H-pyrrole nitrogens is 1. The van der Waals surface area contributed by atoms with E-state index in [1.54, 1.807) is 11.8 Å². The minimum Gasteiger partial charge on any atom is -0.353 e. The van der Waals surface area contributed by atoms with Crippen LogP contribution in [0.4, 0.5) is 0 Å². The van der Waals surface area contributed by atoms with Gasteiger partial charge in [0, 0.05) is 25.7 Å². The normalized spacial score (nSPS) is 16.6. The molecule has 1 aliphatic heterocycles. The Kier molecular flexibility index (Phi) is 7.07. The first-order valence-corrected chi connectivity index (χ1v) is 11.8. The summed E-state index contributed by atoms with van der Waals surface area (Å²) < 4.78 is 0. The van der Waals surface area contributed by atoms with Gasteiger partial charge in [-0.2, -0.15) is 0 Å². The van der Waals surface area contributed by atoms with E-state index in [-0.39, 0.29) is 11.2 Å². The third-order valence-electron chi connectivity index (χ3n) is 5.77. The lowest BCUT2D eigenvalue weighted by molar-refractivity contribution is -0.119. The first kappa shape index (κ1) is 20.9. The van der Waals surface area contributed by atoms with Gasteiger partial charge in [0.1, 0.15) is 5.82 Å². The van der Waals surface area contributed by atoms with Crippen LogP contribution >= 0.6 is 11.8 Å². The summed E-state index contributed by atoms with van der Waals surface area (Å²) in [4.78, 5) is 22.9. The number of para-hydroxylation sites is 2. The van der Waals surface area contributed by atoms with Crippen LogP contribution in [0.2, 0.25) is 0 Å². The zero-order valence-corrected chi connectivity index (χ0v) is 18.3. The molecule has 0 bridgehead atoms. The second-order valence-corrected chi connectivity index (χ2v) is 9.34. The molecule has 5 nitrogen and oxygen atoms in total. The molecule has 1 amide bonds. The van der Waals surface area contributed by atoms with Gasteiger partial charge in [0.15, 0.2) is 0 Å². The number of rotatable bonds is 8. The predicted octanol–water partition coefficient (Wildman–Crippen LogP) is 4.18. The van der Waals surface area contributed by atoms with Gasteiger partial charge in [0.25, 0.3) is 0 Å². The molecule has 0 aliphatic carbocycles. The Balaban J connectivity index is 1.16. The molecule has 30 heavy (non-hydrogen) atoms. The number of fused-ring (bicyclic) bond motifs is 1. The van der Waals surface area contributed by atoms with E-state index in [0.717, 1.165) is 55.8 Å². The van der Waals surface area contributed by atoms with Crippen LogP contribution in [0.5, 0.6) is 0 Å². The molecule has 2 heterocycles. The second-order valence-electron chi connectivity index (χ2n) is 8.01. The van der Waals surface area contributed by atoms with E-state index >= 15 is 0 Å². The molecule has 1 fully saturated rings. The second kappa shape index (κ2) is 10.1. The molecule has 6 heteroatoms. The molecule has 0 spiro atoms. The van der Waals surface area contributed by atoms with Crippen molar-refractivity contribution >= 4 is 28.7 Å². The number of aromatic amines is 1. The molecule has 1 atom stereocenters. The van der Waals surface area contributed by atoms with Crippen molar-refractivity contribution in [3.8, 4) is 0 Å². The summed E-state index contributed by atoms with van der Waals surface area (Å²) in [5.74, 6) is 1.53. The number of imidazole rings is 1. The highest BCUT2D eigenvalue weighted by atomic mass is 32.2. The largest absolute Gasteiger partial charge is 0.353 e. The van der Waals surface area contributed by atoms with Crippen molar-refractivity contribution in [1.29, 1.82) is 0 Å². The Bertz CT molecular complexity index is 917. The van der Waals surface area contributed by atoms with E-state index in [9.17, 15) is 4.79 Å². The van der Waals surface area contributed by atoms with E-state index in [1.807, 2.05) is 24.3 Å². The average Bonchev–Trinajstić information content (AvgIpc) is 3.22. The number of aromatic nitrogens is 2. The monoisotopic (exact) mass is 422 g/mol. The maximum absolute atomic E-state index is 12.4. The predicted molar refractivity (Wildman–Crippen MR) is 125 cm³/mol. The van der Waals surface area contributed by atoms with Gasteiger partial charge < -0.3 is 15.2 Å². The van der Waals surface area contributed by atoms with E-state index in [1.165, 1.54) is 5.56 Å². The van der Waals surface area contributed by atoms with E-state index in [0.29, 0.717) is 11.8 Å². The van der Waals surface area contributed by atoms with Crippen molar-refractivity contribution in [2.45, 2.75) is 37.5 Å². The highest BCUT2D eigenvalue weighted by molar-refractivity contribution is 8.00. The van der Waals surface area contributed by atoms with Crippen LogP contribution < -0.4 is 5.32 Å². The Labute approximate surface area is 182 Å². The van der Waals surface area contributed by atoms with Crippen molar-refractivity contribution < 1.29 is 4.79 Å². The molecule has 1 aromatic heterocycles. The molecule has 0 radical (unpaired) electrons. The summed E-state index contributed by atoms with van der Waals surface area (Å²) in [6.07, 6.45) is 3.16. The SMILES string of the molecule is CC(SCC(=O)NC1CCN(CCc2ccccc2)CC1)c1nc2ccccc2[nH]1. The van der Waals surface area contributed by atoms with Gasteiger partial charge >= 0.3 is 0 Å². The highest BCUT2D eigenvalue weighted by Gasteiger charge is 2.21. The Morgan fingerprint density at radius 3 is 2.67 bits per heavy atom. The topological polar surface area (TPSA) is 61.0 Å². The van der Waals surface area contributed by atoms with Crippen molar-refractivity contribution in [3.63, 3.8) is 0 Å². The molecule has 1 unspecified atom stereocenters. The highest BCUT2D eigenvalue weighted by Crippen LogP contribution is 2.27. The third kappa shape index (κ3) is 5.64. The number of piperidine rings is 1. The molecule has 1 saturated heterocycles. The molecule has 2 aromatic carbocycles. The van der Waals surface area contributed by atoms with Gasteiger partial charge in [-0.05, 0) is 43.9 Å². The van der Waals surface area contributed by atoms with Crippen LogP contribution in [0, 0.1) is 0 Å². The Morgan fingerprint density at radius 1 is 1.17 bits per heavy atom. The number of hydrogen-bond acceptors (Lipinski definition) is 4. The quantitative estimate of drug-likeness (QED) is 0.572. The van der Waals surface area contributed by atoms with Crippen LogP contribution in [-0.4, -0.2) is 52.2 Å². The zero-order valence-electron chi connectivity index (χ0n) is 17.5. The lowest BCUT2D eigenvalue weighted by atomic mass is 10.0. The molecular formula is C24H30N4OS. The van der Waals surface area contributed by atoms with Crippen molar-refractivity contribution in [2.75, 3.05) is 25.4 Å². The van der Waals surface area contributed by atoms with Crippen molar-refractivity contribution in [2.24, 2.45) is 0 Å². The standard InChI is InChI=1S/C24H30N4OS/c1-18(24-26-21-9-5-6-10-22(21)27-24)30-17-23(29)25-20-12-15-28(16-13-20)14-11-19-7-3-2-4-8-19/h2-10,18,20H,11-17H2,1H3,(H,25,29)(H,26,27). The van der Waals surface area contributed by atoms with E-state index in [2.05, 4.69) is 57.4 Å². The Hall–Kier alpha value is -2.31. The molecule has 0 saturated carbocycles. The molecular weight excluding hydrogens is 392 g/mol. The first-order chi connectivity index (χ1) is 14.7. The number of nitrogens with one attached hydrogen (secondary N) is 2. The number of likely N-dealkylation sites (tertiary alicyclic amines) is 1. The van der Waals surface area contributed by atoms with Crippen LogP contribution in [0.25, 0.3) is 11.0 Å². The maximum atomic E-state index is 12.4.